The van der Waals surface area contributed by atoms with Gasteiger partial charge in [-0.1, -0.05) is 88.4 Å². The van der Waals surface area contributed by atoms with E-state index < -0.39 is 23.5 Å². The van der Waals surface area contributed by atoms with E-state index in [1.54, 1.807) is 0 Å². The van der Waals surface area contributed by atoms with Gasteiger partial charge in [0.15, 0.2) is 0 Å². The van der Waals surface area contributed by atoms with E-state index in [4.69, 9.17) is 23.7 Å². The SMILES string of the molecule is CC(C)(c1ccc(NCCN2C(=O)C3C4C=CC(CNc5ccc(C(C)(C)c6ccc(OCC7CO7)cc6)cc5)(O4)C3C2=O)cc1)c1ccc(OCC2CO2)cc1. The average Bonchev–Trinajstić information content (AvgIpc) is 4.16. The zero-order valence-electron chi connectivity index (χ0n) is 33.0. The summed E-state index contributed by atoms with van der Waals surface area (Å²) in [6.45, 7) is 12.7. The second kappa shape index (κ2) is 14.7. The lowest BCUT2D eigenvalue weighted by atomic mass is 9.76. The number of nitrogens with one attached hydrogen (secondary N) is 2. The third kappa shape index (κ3) is 7.42. The number of anilines is 2. The molecule has 10 heteroatoms. The van der Waals surface area contributed by atoms with Gasteiger partial charge in [0.1, 0.15) is 42.5 Å². The van der Waals surface area contributed by atoms with Crippen LogP contribution in [0.25, 0.3) is 0 Å². The molecule has 4 fully saturated rings. The number of nitrogens with zero attached hydrogens (tertiary/aromatic N) is 1. The molecule has 4 saturated heterocycles. The largest absolute Gasteiger partial charge is 0.491 e. The smallest absolute Gasteiger partial charge is 0.236 e. The summed E-state index contributed by atoms with van der Waals surface area (Å²) in [7, 11) is 0. The molecule has 0 aliphatic carbocycles. The van der Waals surface area contributed by atoms with Crippen molar-refractivity contribution in [3.63, 3.8) is 0 Å². The number of likely N-dealkylation sites (tertiary alicyclic amines) is 1. The van der Waals surface area contributed by atoms with Crippen LogP contribution < -0.4 is 20.1 Å². The van der Waals surface area contributed by atoms with Crippen molar-refractivity contribution in [2.75, 3.05) is 56.7 Å². The normalized spacial score (nSPS) is 25.8. The highest BCUT2D eigenvalue weighted by atomic mass is 16.6. The first-order valence-electron chi connectivity index (χ1n) is 20.1. The molecule has 2 N–H and O–H groups in total. The van der Waals surface area contributed by atoms with Gasteiger partial charge in [0.25, 0.3) is 0 Å². The van der Waals surface area contributed by atoms with Crippen molar-refractivity contribution >= 4 is 23.2 Å². The minimum atomic E-state index is -0.876. The summed E-state index contributed by atoms with van der Waals surface area (Å²) in [6, 6.07) is 33.3. The van der Waals surface area contributed by atoms with Gasteiger partial charge >= 0.3 is 0 Å². The highest BCUT2D eigenvalue weighted by Crippen LogP contribution is 2.52. The maximum absolute atomic E-state index is 13.9. The number of epoxide rings is 2. The molecule has 296 valence electrons. The molecule has 6 unspecified atom stereocenters. The summed E-state index contributed by atoms with van der Waals surface area (Å²) in [4.78, 5) is 29.0. The molecule has 5 aliphatic rings. The van der Waals surface area contributed by atoms with Crippen molar-refractivity contribution in [1.29, 1.82) is 0 Å². The van der Waals surface area contributed by atoms with Crippen molar-refractivity contribution < 1.29 is 33.3 Å². The van der Waals surface area contributed by atoms with Crippen LogP contribution in [0.2, 0.25) is 0 Å². The van der Waals surface area contributed by atoms with Gasteiger partial charge in [0.2, 0.25) is 11.8 Å². The molecule has 2 amide bonds. The molecule has 10 nitrogen and oxygen atoms in total. The van der Waals surface area contributed by atoms with Gasteiger partial charge in [-0.3, -0.25) is 14.5 Å². The van der Waals surface area contributed by atoms with Crippen LogP contribution in [0.5, 0.6) is 11.5 Å². The van der Waals surface area contributed by atoms with Gasteiger partial charge in [-0.15, -0.1) is 0 Å². The lowest BCUT2D eigenvalue weighted by Gasteiger charge is -2.30. The number of hydrogen-bond donors (Lipinski definition) is 2. The Balaban J connectivity index is 0.781. The fourth-order valence-corrected chi connectivity index (χ4v) is 8.52. The Kier molecular flexibility index (Phi) is 9.62. The van der Waals surface area contributed by atoms with Crippen LogP contribution >= 0.6 is 0 Å². The first-order valence-corrected chi connectivity index (χ1v) is 20.1. The Morgan fingerprint density at radius 2 is 1.12 bits per heavy atom. The fraction of sp³-hybridized carbons (Fsp3) is 0.404. The van der Waals surface area contributed by atoms with E-state index in [2.05, 4.69) is 111 Å². The number of carbonyl (C=O) groups is 2. The lowest BCUT2D eigenvalue weighted by molar-refractivity contribution is -0.143. The molecule has 0 radical (unpaired) electrons. The zero-order valence-corrected chi connectivity index (χ0v) is 33.0. The maximum atomic E-state index is 13.9. The molecule has 0 aromatic heterocycles. The Morgan fingerprint density at radius 1 is 0.667 bits per heavy atom. The van der Waals surface area contributed by atoms with Crippen LogP contribution in [-0.4, -0.2) is 86.7 Å². The van der Waals surface area contributed by atoms with Gasteiger partial charge in [-0.2, -0.15) is 0 Å². The number of carbonyl (C=O) groups excluding carboxylic acids is 2. The van der Waals surface area contributed by atoms with Crippen LogP contribution in [0.3, 0.4) is 0 Å². The van der Waals surface area contributed by atoms with Crippen molar-refractivity contribution in [2.24, 2.45) is 11.8 Å². The zero-order chi connectivity index (χ0) is 39.4. The van der Waals surface area contributed by atoms with E-state index in [-0.39, 0.29) is 41.4 Å². The number of rotatable bonds is 17. The van der Waals surface area contributed by atoms with Gasteiger partial charge in [0, 0.05) is 41.8 Å². The minimum absolute atomic E-state index is 0.152. The van der Waals surface area contributed by atoms with E-state index in [0.29, 0.717) is 26.3 Å². The minimum Gasteiger partial charge on any atom is -0.491 e. The monoisotopic (exact) mass is 769 g/mol. The van der Waals surface area contributed by atoms with E-state index in [1.165, 1.54) is 27.2 Å². The van der Waals surface area contributed by atoms with Crippen LogP contribution in [0.1, 0.15) is 49.9 Å². The number of amides is 2. The summed E-state index contributed by atoms with van der Waals surface area (Å²) < 4.78 is 28.5. The number of hydrogen-bond acceptors (Lipinski definition) is 9. The highest BCUT2D eigenvalue weighted by Gasteiger charge is 2.67. The standard InChI is InChI=1S/C47H51N3O7/c1-45(2,32-9-17-36(18-10-32)53-25-38-27-55-38)30-5-13-34(14-6-30)48-23-24-50-43(51)41-40-21-22-47(57-40,42(41)44(50)52)29-49-35-15-7-31(8-16-35)46(3,4)33-11-19-37(20-12-33)54-26-39-28-56-39/h5-22,38-42,48-49H,23-29H2,1-4H3. The number of fused-ring (bicyclic) bond motifs is 5. The van der Waals surface area contributed by atoms with Crippen molar-refractivity contribution in [1.82, 2.24) is 4.90 Å². The molecule has 2 bridgehead atoms. The summed E-state index contributed by atoms with van der Waals surface area (Å²) in [5, 5.41) is 6.94. The Bertz CT molecular complexity index is 2120. The van der Waals surface area contributed by atoms with E-state index in [1.807, 2.05) is 36.4 Å². The third-order valence-electron chi connectivity index (χ3n) is 12.5. The second-order valence-electron chi connectivity index (χ2n) is 17.0. The third-order valence-corrected chi connectivity index (χ3v) is 12.5. The molecular formula is C47H51N3O7. The summed E-state index contributed by atoms with van der Waals surface area (Å²) >= 11 is 0. The first kappa shape index (κ1) is 37.4. The van der Waals surface area contributed by atoms with Crippen molar-refractivity contribution in [2.45, 2.75) is 62.4 Å². The van der Waals surface area contributed by atoms with E-state index in [9.17, 15) is 9.59 Å². The Hall–Kier alpha value is -5.16. The van der Waals surface area contributed by atoms with Gasteiger partial charge in [-0.05, 0) is 70.8 Å². The topological polar surface area (TPSA) is 114 Å². The van der Waals surface area contributed by atoms with Gasteiger partial charge in [-0.25, -0.2) is 0 Å². The molecule has 9 rings (SSSR count). The van der Waals surface area contributed by atoms with Gasteiger partial charge in [0.05, 0.1) is 31.2 Å². The molecule has 0 spiro atoms. The second-order valence-corrected chi connectivity index (χ2v) is 17.0. The fourth-order valence-electron chi connectivity index (χ4n) is 8.52. The molecule has 4 aromatic rings. The molecule has 6 atom stereocenters. The molecule has 0 saturated carbocycles. The van der Waals surface area contributed by atoms with Gasteiger partial charge < -0.3 is 34.3 Å². The molecule has 5 heterocycles. The predicted octanol–water partition coefficient (Wildman–Crippen LogP) is 6.73. The molecule has 57 heavy (non-hydrogen) atoms. The summed E-state index contributed by atoms with van der Waals surface area (Å²) in [5.41, 5.74) is 5.29. The van der Waals surface area contributed by atoms with E-state index >= 15 is 0 Å². The first-order chi connectivity index (χ1) is 27.5. The summed E-state index contributed by atoms with van der Waals surface area (Å²) in [5.74, 6) is 0.324. The van der Waals surface area contributed by atoms with Crippen molar-refractivity contribution in [3.05, 3.63) is 131 Å². The predicted molar refractivity (Wildman–Crippen MR) is 218 cm³/mol. The molecular weight excluding hydrogens is 719 g/mol. The molecule has 5 aliphatic heterocycles. The average molecular weight is 770 g/mol. The lowest BCUT2D eigenvalue weighted by Crippen LogP contribution is -2.46. The van der Waals surface area contributed by atoms with Crippen LogP contribution in [0.15, 0.2) is 109 Å². The van der Waals surface area contributed by atoms with Crippen LogP contribution in [0, 0.1) is 11.8 Å². The Morgan fingerprint density at radius 3 is 1.60 bits per heavy atom. The Labute approximate surface area is 334 Å². The van der Waals surface area contributed by atoms with E-state index in [0.717, 1.165) is 36.1 Å². The summed E-state index contributed by atoms with van der Waals surface area (Å²) in [6.07, 6.45) is 3.99. The molecule has 4 aromatic carbocycles. The van der Waals surface area contributed by atoms with Crippen molar-refractivity contribution in [3.8, 4) is 11.5 Å². The number of ether oxygens (including phenoxy) is 5. The maximum Gasteiger partial charge on any atom is 0.236 e. The number of benzene rings is 4. The van der Waals surface area contributed by atoms with Crippen LogP contribution in [0.4, 0.5) is 11.4 Å². The van der Waals surface area contributed by atoms with Crippen LogP contribution in [-0.2, 0) is 34.6 Å². The quantitative estimate of drug-likeness (QED) is 0.0686. The number of imide groups is 1. The highest BCUT2D eigenvalue weighted by molar-refractivity contribution is 6.07.